The van der Waals surface area contributed by atoms with Crippen LogP contribution in [0.4, 0.5) is 0 Å². The second-order valence-electron chi connectivity index (χ2n) is 7.28. The van der Waals surface area contributed by atoms with E-state index in [1.54, 1.807) is 0 Å². The predicted molar refractivity (Wildman–Crippen MR) is 81.7 cm³/mol. The van der Waals surface area contributed by atoms with Crippen LogP contribution in [0.5, 0.6) is 0 Å². The second-order valence-corrected chi connectivity index (χ2v) is 7.28. The van der Waals surface area contributed by atoms with E-state index in [-0.39, 0.29) is 17.9 Å². The minimum Gasteiger partial charge on any atom is -0.340 e. The monoisotopic (exact) mass is 292 g/mol. The van der Waals surface area contributed by atoms with Crippen LogP contribution in [-0.2, 0) is 9.59 Å². The Morgan fingerprint density at radius 3 is 2.14 bits per heavy atom. The van der Waals surface area contributed by atoms with Crippen molar-refractivity contribution in [1.82, 2.24) is 10.2 Å². The maximum atomic E-state index is 13.3. The Morgan fingerprint density at radius 1 is 1.10 bits per heavy atom. The molecule has 0 aromatic rings. The fraction of sp³-hybridized carbons (Fsp3) is 0.882. The smallest absolute Gasteiger partial charge is 0.249 e. The molecule has 1 atom stereocenters. The molecule has 0 spiro atoms. The molecule has 21 heavy (non-hydrogen) atoms. The highest BCUT2D eigenvalue weighted by Gasteiger charge is 2.61. The van der Waals surface area contributed by atoms with Crippen LogP contribution in [0.1, 0.15) is 72.1 Å². The molecule has 1 aliphatic heterocycles. The fourth-order valence-electron chi connectivity index (χ4n) is 4.49. The minimum atomic E-state index is -0.659. The number of nitrogens with zero attached hydrogens (tertiary/aromatic N) is 1. The molecule has 2 amide bonds. The Morgan fingerprint density at radius 2 is 1.67 bits per heavy atom. The number of rotatable bonds is 4. The average molecular weight is 292 g/mol. The van der Waals surface area contributed by atoms with Gasteiger partial charge in [0, 0.05) is 6.04 Å². The lowest BCUT2D eigenvalue weighted by molar-refractivity contribution is -0.168. The molecule has 1 heterocycles. The maximum absolute atomic E-state index is 13.3. The third-order valence-electron chi connectivity index (χ3n) is 6.17. The lowest BCUT2D eigenvalue weighted by Crippen LogP contribution is -2.76. The van der Waals surface area contributed by atoms with Gasteiger partial charge in [0.1, 0.15) is 11.1 Å². The van der Waals surface area contributed by atoms with Crippen LogP contribution in [0.25, 0.3) is 0 Å². The van der Waals surface area contributed by atoms with Gasteiger partial charge in [-0.05, 0) is 51.4 Å². The molecule has 0 aromatic carbocycles. The molecular formula is C17H28N2O2. The highest BCUT2D eigenvalue weighted by Crippen LogP contribution is 2.46. The molecule has 0 bridgehead atoms. The largest absolute Gasteiger partial charge is 0.340 e. The van der Waals surface area contributed by atoms with Gasteiger partial charge >= 0.3 is 0 Å². The number of piperazine rings is 1. The molecule has 3 aliphatic rings. The molecule has 2 aliphatic carbocycles. The Bertz CT molecular complexity index is 448. The lowest BCUT2D eigenvalue weighted by Gasteiger charge is -2.54. The predicted octanol–water partition coefficient (Wildman–Crippen LogP) is 2.61. The first-order valence-corrected chi connectivity index (χ1v) is 8.66. The summed E-state index contributed by atoms with van der Waals surface area (Å²) >= 11 is 0. The first-order chi connectivity index (χ1) is 9.99. The van der Waals surface area contributed by atoms with Gasteiger partial charge in [0.25, 0.3) is 0 Å². The van der Waals surface area contributed by atoms with Crippen LogP contribution in [0.2, 0.25) is 0 Å². The number of hydrogen-bond acceptors (Lipinski definition) is 2. The summed E-state index contributed by atoms with van der Waals surface area (Å²) in [5.41, 5.74) is -1.28. The Hall–Kier alpha value is -1.06. The van der Waals surface area contributed by atoms with Gasteiger partial charge in [-0.3, -0.25) is 9.59 Å². The van der Waals surface area contributed by atoms with Gasteiger partial charge in [-0.25, -0.2) is 0 Å². The highest BCUT2D eigenvalue weighted by molar-refractivity contribution is 6.02. The van der Waals surface area contributed by atoms with E-state index in [2.05, 4.69) is 5.32 Å². The van der Waals surface area contributed by atoms with E-state index >= 15 is 0 Å². The van der Waals surface area contributed by atoms with Crippen LogP contribution in [-0.4, -0.2) is 33.8 Å². The van der Waals surface area contributed by atoms with Gasteiger partial charge < -0.3 is 10.2 Å². The van der Waals surface area contributed by atoms with E-state index in [0.717, 1.165) is 25.7 Å². The van der Waals surface area contributed by atoms with Crippen molar-refractivity contribution in [2.45, 2.75) is 89.3 Å². The minimum absolute atomic E-state index is 0.0772. The molecule has 1 saturated heterocycles. The van der Waals surface area contributed by atoms with Crippen molar-refractivity contribution >= 4 is 11.8 Å². The van der Waals surface area contributed by atoms with Crippen LogP contribution >= 0.6 is 0 Å². The Labute approximate surface area is 127 Å². The summed E-state index contributed by atoms with van der Waals surface area (Å²) < 4.78 is 0. The average Bonchev–Trinajstić information content (AvgIpc) is 3.20. The Balaban J connectivity index is 2.01. The number of amides is 2. The topological polar surface area (TPSA) is 49.4 Å². The molecule has 118 valence electrons. The van der Waals surface area contributed by atoms with E-state index in [9.17, 15) is 9.59 Å². The van der Waals surface area contributed by atoms with Crippen molar-refractivity contribution < 1.29 is 9.59 Å². The van der Waals surface area contributed by atoms with Gasteiger partial charge in [0.2, 0.25) is 11.8 Å². The van der Waals surface area contributed by atoms with Crippen molar-refractivity contribution in [1.29, 1.82) is 0 Å². The lowest BCUT2D eigenvalue weighted by atomic mass is 9.79. The van der Waals surface area contributed by atoms with Gasteiger partial charge in [-0.1, -0.05) is 26.7 Å². The number of hydrogen-bond donors (Lipinski definition) is 1. The van der Waals surface area contributed by atoms with Gasteiger partial charge in [0.15, 0.2) is 0 Å². The summed E-state index contributed by atoms with van der Waals surface area (Å²) in [5, 5.41) is 3.12. The number of carbonyl (C=O) groups is 2. The third kappa shape index (κ3) is 2.01. The number of nitrogens with one attached hydrogen (secondary N) is 1. The quantitative estimate of drug-likeness (QED) is 0.866. The molecule has 0 aromatic heterocycles. The summed E-state index contributed by atoms with van der Waals surface area (Å²) in [6.45, 7) is 6.03. The van der Waals surface area contributed by atoms with Crippen molar-refractivity contribution in [3.63, 3.8) is 0 Å². The van der Waals surface area contributed by atoms with Crippen molar-refractivity contribution in [3.05, 3.63) is 0 Å². The summed E-state index contributed by atoms with van der Waals surface area (Å²) in [6, 6.07) is 0.265. The molecule has 4 heteroatoms. The van der Waals surface area contributed by atoms with E-state index in [4.69, 9.17) is 0 Å². The number of carbonyl (C=O) groups excluding carboxylic acids is 2. The molecule has 3 rings (SSSR count). The first kappa shape index (κ1) is 14.9. The maximum Gasteiger partial charge on any atom is 0.249 e. The zero-order valence-electron chi connectivity index (χ0n) is 13.6. The Kier molecular flexibility index (Phi) is 3.53. The van der Waals surface area contributed by atoms with Gasteiger partial charge in [-0.15, -0.1) is 0 Å². The summed E-state index contributed by atoms with van der Waals surface area (Å²) in [4.78, 5) is 28.3. The van der Waals surface area contributed by atoms with Crippen LogP contribution < -0.4 is 5.32 Å². The van der Waals surface area contributed by atoms with E-state index in [1.165, 1.54) is 12.8 Å². The molecule has 1 N–H and O–H groups in total. The summed E-state index contributed by atoms with van der Waals surface area (Å²) in [5.74, 6) is 0.596. The molecular weight excluding hydrogens is 264 g/mol. The van der Waals surface area contributed by atoms with E-state index in [0.29, 0.717) is 18.8 Å². The van der Waals surface area contributed by atoms with E-state index < -0.39 is 11.1 Å². The molecule has 2 saturated carbocycles. The van der Waals surface area contributed by atoms with E-state index in [1.807, 2.05) is 25.7 Å². The van der Waals surface area contributed by atoms with Crippen LogP contribution in [0.3, 0.4) is 0 Å². The standard InChI is InChI=1S/C17H28N2O2/c1-4-17(5-2)14(20)18-16(3,12-10-11-12)15(21)19(17)13-8-6-7-9-13/h12-13H,4-11H2,1-3H3,(H,18,20). The van der Waals surface area contributed by atoms with Crippen molar-refractivity contribution in [2.75, 3.05) is 0 Å². The zero-order chi connectivity index (χ0) is 15.3. The normalized spacial score (nSPS) is 33.4. The van der Waals surface area contributed by atoms with Gasteiger partial charge in [-0.2, -0.15) is 0 Å². The third-order valence-corrected chi connectivity index (χ3v) is 6.17. The second kappa shape index (κ2) is 4.99. The molecule has 0 radical (unpaired) electrons. The molecule has 3 fully saturated rings. The fourth-order valence-corrected chi connectivity index (χ4v) is 4.49. The SMILES string of the molecule is CCC1(CC)C(=O)NC(C)(C2CC2)C(=O)N1C1CCCC1. The van der Waals surface area contributed by atoms with Gasteiger partial charge in [0.05, 0.1) is 0 Å². The van der Waals surface area contributed by atoms with Crippen LogP contribution in [0, 0.1) is 5.92 Å². The highest BCUT2D eigenvalue weighted by atomic mass is 16.2. The van der Waals surface area contributed by atoms with Crippen molar-refractivity contribution in [3.8, 4) is 0 Å². The summed E-state index contributed by atoms with van der Waals surface area (Å²) in [7, 11) is 0. The summed E-state index contributed by atoms with van der Waals surface area (Å²) in [6.07, 6.45) is 8.01. The molecule has 1 unspecified atom stereocenters. The molecule has 4 nitrogen and oxygen atoms in total. The van der Waals surface area contributed by atoms with Crippen molar-refractivity contribution in [2.24, 2.45) is 5.92 Å². The first-order valence-electron chi connectivity index (χ1n) is 8.66. The van der Waals surface area contributed by atoms with Crippen LogP contribution in [0.15, 0.2) is 0 Å². The zero-order valence-corrected chi connectivity index (χ0v) is 13.6.